The summed E-state index contributed by atoms with van der Waals surface area (Å²) >= 11 is 0. The molecule has 0 aromatic carbocycles. The molecular weight excluding hydrogens is 245 g/mol. The summed E-state index contributed by atoms with van der Waals surface area (Å²) in [6, 6.07) is 0. The molecule has 0 aromatic heterocycles. The highest BCUT2D eigenvalue weighted by molar-refractivity contribution is 7.69. The Morgan fingerprint density at radius 2 is 1.50 bits per heavy atom. The Kier molecular flexibility index (Phi) is 5.75. The normalized spacial score (nSPS) is 23.1. The topological polar surface area (TPSA) is 32.8 Å². The third-order valence-corrected chi connectivity index (χ3v) is 8.46. The van der Waals surface area contributed by atoms with Crippen molar-refractivity contribution < 1.29 is 5.11 Å². The molecule has 0 N–H and O–H groups in total. The molecule has 5 heteroatoms. The Hall–Kier alpha value is 0.0100. The van der Waals surface area contributed by atoms with Gasteiger partial charge >= 0.3 is 0 Å². The number of hydrogen-bond acceptors (Lipinski definition) is 4. The molecule has 0 heterocycles. The number of allylic oxidation sites excluding steroid dienone is 2. The fourth-order valence-corrected chi connectivity index (χ4v) is 7.46. The van der Waals surface area contributed by atoms with Gasteiger partial charge in [-0.2, -0.15) is 14.0 Å². The summed E-state index contributed by atoms with van der Waals surface area (Å²) in [5, 5.41) is 13.1. The second-order valence-corrected chi connectivity index (χ2v) is 9.73. The summed E-state index contributed by atoms with van der Waals surface area (Å²) in [4.78, 5) is 0. The quantitative estimate of drug-likeness (QED) is 0.561. The lowest BCUT2D eigenvalue weighted by Gasteiger charge is -2.50. The van der Waals surface area contributed by atoms with E-state index in [1.54, 1.807) is 0 Å². The number of nitrogens with zero attached hydrogens (tertiary/aromatic N) is 3. The highest BCUT2D eigenvalue weighted by Crippen LogP contribution is 2.67. The van der Waals surface area contributed by atoms with E-state index in [2.05, 4.69) is 26.2 Å². The summed E-state index contributed by atoms with van der Waals surface area (Å²) in [6.07, 6.45) is 7.39. The smallest absolute Gasteiger partial charge is 0.213 e. The molecule has 1 aliphatic carbocycles. The van der Waals surface area contributed by atoms with E-state index in [1.807, 2.05) is 42.3 Å². The molecule has 2 atom stereocenters. The molecule has 0 radical (unpaired) electrons. The average Bonchev–Trinajstić information content (AvgIpc) is 2.29. The fraction of sp³-hybridized carbons (Fsp3) is 0.846. The van der Waals surface area contributed by atoms with Gasteiger partial charge < -0.3 is 5.11 Å². The van der Waals surface area contributed by atoms with Gasteiger partial charge in [-0.05, 0) is 25.2 Å². The van der Waals surface area contributed by atoms with Gasteiger partial charge in [0, 0.05) is 42.3 Å². The fourth-order valence-electron chi connectivity index (χ4n) is 3.12. The van der Waals surface area contributed by atoms with Crippen LogP contribution in [0.4, 0.5) is 0 Å². The van der Waals surface area contributed by atoms with Gasteiger partial charge in [0.1, 0.15) is 0 Å². The van der Waals surface area contributed by atoms with Crippen LogP contribution in [-0.4, -0.2) is 62.1 Å². The maximum Gasteiger partial charge on any atom is 0.213 e. The first-order valence-corrected chi connectivity index (χ1v) is 8.29. The van der Waals surface area contributed by atoms with Crippen molar-refractivity contribution in [1.82, 2.24) is 14.0 Å². The molecule has 1 aliphatic rings. The van der Waals surface area contributed by atoms with Crippen LogP contribution in [0, 0.1) is 5.92 Å². The maximum atomic E-state index is 13.1. The molecule has 0 fully saturated rings. The largest absolute Gasteiger partial charge is 0.817 e. The summed E-state index contributed by atoms with van der Waals surface area (Å²) in [5.74, 6) is -0.280. The Balaban J connectivity index is 3.04. The van der Waals surface area contributed by atoms with Crippen LogP contribution in [0.15, 0.2) is 12.2 Å². The van der Waals surface area contributed by atoms with Crippen LogP contribution in [0.25, 0.3) is 0 Å². The first-order chi connectivity index (χ1) is 8.35. The number of rotatable bonds is 5. The zero-order valence-electron chi connectivity index (χ0n) is 12.6. The molecule has 0 saturated heterocycles. The second kappa shape index (κ2) is 6.44. The number of hydrogen-bond donors (Lipinski definition) is 0. The van der Waals surface area contributed by atoms with E-state index in [0.717, 1.165) is 19.3 Å². The zero-order chi connectivity index (χ0) is 13.9. The second-order valence-electron chi connectivity index (χ2n) is 5.59. The van der Waals surface area contributed by atoms with Gasteiger partial charge in [-0.25, -0.2) is 0 Å². The van der Waals surface area contributed by atoms with Crippen molar-refractivity contribution in [3.8, 4) is 0 Å². The molecule has 4 nitrogen and oxygen atoms in total. The van der Waals surface area contributed by atoms with E-state index in [1.165, 1.54) is 0 Å². The lowest BCUT2D eigenvalue weighted by atomic mass is 9.95. The van der Waals surface area contributed by atoms with Gasteiger partial charge in [-0.15, -0.1) is 0 Å². The monoisotopic (exact) mass is 273 g/mol. The SMILES string of the molecule is CN(C)[P+](C([O-])C1CC=CCC1)(N(C)C)N(C)C. The van der Waals surface area contributed by atoms with Crippen molar-refractivity contribution >= 4 is 7.71 Å². The third-order valence-electron chi connectivity index (χ3n) is 3.82. The molecule has 0 amide bonds. The van der Waals surface area contributed by atoms with Gasteiger partial charge in [-0.3, -0.25) is 0 Å². The van der Waals surface area contributed by atoms with Crippen LogP contribution in [0.5, 0.6) is 0 Å². The molecule has 2 unspecified atom stereocenters. The van der Waals surface area contributed by atoms with Gasteiger partial charge in [0.2, 0.25) is 7.71 Å². The van der Waals surface area contributed by atoms with Crippen molar-refractivity contribution in [2.45, 2.75) is 25.1 Å². The summed E-state index contributed by atoms with van der Waals surface area (Å²) < 4.78 is 6.47. The first-order valence-electron chi connectivity index (χ1n) is 6.58. The van der Waals surface area contributed by atoms with E-state index in [-0.39, 0.29) is 5.92 Å². The molecule has 18 heavy (non-hydrogen) atoms. The van der Waals surface area contributed by atoms with Gasteiger partial charge in [0.25, 0.3) is 0 Å². The Labute approximate surface area is 113 Å². The minimum atomic E-state index is -1.96. The zero-order valence-corrected chi connectivity index (χ0v) is 13.5. The lowest BCUT2D eigenvalue weighted by Crippen LogP contribution is -2.51. The van der Waals surface area contributed by atoms with Crippen molar-refractivity contribution in [3.63, 3.8) is 0 Å². The predicted octanol–water partition coefficient (Wildman–Crippen LogP) is 1.48. The van der Waals surface area contributed by atoms with Gasteiger partial charge in [-0.1, -0.05) is 12.2 Å². The molecule has 0 spiro atoms. The Morgan fingerprint density at radius 1 is 1.00 bits per heavy atom. The van der Waals surface area contributed by atoms with Crippen LogP contribution in [-0.2, 0) is 0 Å². The Morgan fingerprint density at radius 3 is 1.83 bits per heavy atom. The van der Waals surface area contributed by atoms with E-state index in [9.17, 15) is 5.11 Å². The summed E-state index contributed by atoms with van der Waals surface area (Å²) in [7, 11) is 10.3. The molecule has 0 aromatic rings. The van der Waals surface area contributed by atoms with Crippen LogP contribution in [0.3, 0.4) is 0 Å². The van der Waals surface area contributed by atoms with E-state index < -0.39 is 13.6 Å². The molecular formula is C13H28N3OP. The highest BCUT2D eigenvalue weighted by Gasteiger charge is 2.51. The van der Waals surface area contributed by atoms with Gasteiger partial charge in [0.05, 0.1) is 5.85 Å². The van der Waals surface area contributed by atoms with Crippen molar-refractivity contribution in [2.24, 2.45) is 5.92 Å². The lowest BCUT2D eigenvalue weighted by molar-refractivity contribution is -0.405. The molecule has 106 valence electrons. The average molecular weight is 273 g/mol. The van der Waals surface area contributed by atoms with Gasteiger partial charge in [0.15, 0.2) is 0 Å². The molecule has 0 aliphatic heterocycles. The Bertz CT molecular complexity index is 270. The van der Waals surface area contributed by atoms with Crippen LogP contribution in [0.1, 0.15) is 19.3 Å². The maximum absolute atomic E-state index is 13.1. The summed E-state index contributed by atoms with van der Waals surface area (Å²) in [5.41, 5.74) is 0. The standard InChI is InChI=1S/C13H28N3OP/c1-14(2)18(15(3)4,16(5)6)13(17)12-10-8-7-9-11-12/h7-8,12-13H,9-11H2,1-6H3. The summed E-state index contributed by atoms with van der Waals surface area (Å²) in [6.45, 7) is 0. The van der Waals surface area contributed by atoms with Crippen LogP contribution in [0.2, 0.25) is 0 Å². The van der Waals surface area contributed by atoms with Crippen molar-refractivity contribution in [3.05, 3.63) is 12.2 Å². The predicted molar refractivity (Wildman–Crippen MR) is 78.3 cm³/mol. The van der Waals surface area contributed by atoms with Crippen molar-refractivity contribution in [2.75, 3.05) is 42.3 Å². The third kappa shape index (κ3) is 2.78. The van der Waals surface area contributed by atoms with E-state index in [0.29, 0.717) is 0 Å². The minimum Gasteiger partial charge on any atom is -0.817 e. The van der Waals surface area contributed by atoms with Crippen LogP contribution >= 0.6 is 7.71 Å². The first kappa shape index (κ1) is 16.1. The van der Waals surface area contributed by atoms with E-state index >= 15 is 0 Å². The minimum absolute atomic E-state index is 0.260. The van der Waals surface area contributed by atoms with Crippen LogP contribution < -0.4 is 5.11 Å². The van der Waals surface area contributed by atoms with E-state index in [4.69, 9.17) is 0 Å². The highest BCUT2D eigenvalue weighted by atomic mass is 31.2. The molecule has 1 rings (SSSR count). The molecule has 0 bridgehead atoms. The molecule has 0 saturated carbocycles. The van der Waals surface area contributed by atoms with Crippen molar-refractivity contribution in [1.29, 1.82) is 0 Å².